The van der Waals surface area contributed by atoms with Crippen molar-refractivity contribution >= 4 is 17.5 Å². The number of carbonyl (C=O) groups is 2. The molecule has 0 bridgehead atoms. The number of hydrogen-bond donors (Lipinski definition) is 2. The van der Waals surface area contributed by atoms with Gasteiger partial charge in [0, 0.05) is 11.7 Å². The van der Waals surface area contributed by atoms with Gasteiger partial charge >= 0.3 is 11.8 Å². The second-order valence-electron chi connectivity index (χ2n) is 5.04. The first kappa shape index (κ1) is 16.2. The second kappa shape index (κ2) is 8.35. The number of nitrogens with one attached hydrogen (secondary N) is 2. The zero-order valence-electron chi connectivity index (χ0n) is 12.5. The van der Waals surface area contributed by atoms with Crippen molar-refractivity contribution in [2.24, 2.45) is 0 Å². The van der Waals surface area contributed by atoms with Gasteiger partial charge < -0.3 is 10.6 Å². The normalized spacial score (nSPS) is 11.8. The van der Waals surface area contributed by atoms with Gasteiger partial charge in [0.05, 0.1) is 0 Å². The van der Waals surface area contributed by atoms with E-state index in [4.69, 9.17) is 0 Å². The van der Waals surface area contributed by atoms with E-state index < -0.39 is 11.8 Å². The lowest BCUT2D eigenvalue weighted by Gasteiger charge is -2.11. The SMILES string of the molecule is CCCCc1ccc(NC(=O)C(=O)NC(C)CC)cc1. The standard InChI is InChI=1S/C16H24N2O2/c1-4-6-7-13-8-10-14(11-9-13)18-16(20)15(19)17-12(3)5-2/h8-12H,4-7H2,1-3H3,(H,17,19)(H,18,20). The third-order valence-electron chi connectivity index (χ3n) is 3.23. The molecule has 0 aliphatic heterocycles. The third-order valence-corrected chi connectivity index (χ3v) is 3.23. The van der Waals surface area contributed by atoms with E-state index in [1.54, 1.807) is 0 Å². The maximum atomic E-state index is 11.7. The highest BCUT2D eigenvalue weighted by Gasteiger charge is 2.15. The van der Waals surface area contributed by atoms with Crippen LogP contribution in [0.2, 0.25) is 0 Å². The van der Waals surface area contributed by atoms with Crippen molar-refractivity contribution in [3.8, 4) is 0 Å². The molecule has 0 saturated heterocycles. The third kappa shape index (κ3) is 5.43. The van der Waals surface area contributed by atoms with Crippen LogP contribution in [0.5, 0.6) is 0 Å². The Morgan fingerprint density at radius 2 is 1.75 bits per heavy atom. The van der Waals surface area contributed by atoms with Crippen molar-refractivity contribution in [2.45, 2.75) is 52.5 Å². The van der Waals surface area contributed by atoms with Gasteiger partial charge in [-0.3, -0.25) is 9.59 Å². The van der Waals surface area contributed by atoms with Gasteiger partial charge in [-0.05, 0) is 43.9 Å². The molecule has 1 aromatic carbocycles. The molecule has 0 fully saturated rings. The molecule has 1 aromatic rings. The van der Waals surface area contributed by atoms with Gasteiger partial charge in [0.25, 0.3) is 0 Å². The average Bonchev–Trinajstić information content (AvgIpc) is 2.46. The van der Waals surface area contributed by atoms with Gasteiger partial charge in [-0.15, -0.1) is 0 Å². The Balaban J connectivity index is 2.51. The highest BCUT2D eigenvalue weighted by Crippen LogP contribution is 2.11. The summed E-state index contributed by atoms with van der Waals surface area (Å²) in [7, 11) is 0. The maximum Gasteiger partial charge on any atom is 0.313 e. The summed E-state index contributed by atoms with van der Waals surface area (Å²) in [6.45, 7) is 5.98. The van der Waals surface area contributed by atoms with E-state index >= 15 is 0 Å². The second-order valence-corrected chi connectivity index (χ2v) is 5.04. The molecule has 1 atom stereocenters. The molecule has 0 saturated carbocycles. The molecule has 2 amide bonds. The summed E-state index contributed by atoms with van der Waals surface area (Å²) in [5, 5.41) is 5.24. The molecule has 0 heterocycles. The van der Waals surface area contributed by atoms with Crippen LogP contribution >= 0.6 is 0 Å². The summed E-state index contributed by atoms with van der Waals surface area (Å²) < 4.78 is 0. The minimum atomic E-state index is -0.619. The smallest absolute Gasteiger partial charge is 0.313 e. The molecule has 0 aliphatic carbocycles. The lowest BCUT2D eigenvalue weighted by atomic mass is 10.1. The molecule has 0 aromatic heterocycles. The Morgan fingerprint density at radius 3 is 2.30 bits per heavy atom. The van der Waals surface area contributed by atoms with Gasteiger partial charge in [-0.1, -0.05) is 32.4 Å². The lowest BCUT2D eigenvalue weighted by Crippen LogP contribution is -2.40. The zero-order valence-corrected chi connectivity index (χ0v) is 12.5. The quantitative estimate of drug-likeness (QED) is 0.785. The molecule has 2 N–H and O–H groups in total. The highest BCUT2D eigenvalue weighted by atomic mass is 16.2. The van der Waals surface area contributed by atoms with Crippen LogP contribution in [0.4, 0.5) is 5.69 Å². The van der Waals surface area contributed by atoms with Gasteiger partial charge in [0.1, 0.15) is 0 Å². The number of carbonyl (C=O) groups excluding carboxylic acids is 2. The monoisotopic (exact) mass is 276 g/mol. The summed E-state index contributed by atoms with van der Waals surface area (Å²) in [6.07, 6.45) is 4.15. The summed E-state index contributed by atoms with van der Waals surface area (Å²) >= 11 is 0. The van der Waals surface area contributed by atoms with Crippen LogP contribution in [0, 0.1) is 0 Å². The Morgan fingerprint density at radius 1 is 1.10 bits per heavy atom. The predicted molar refractivity (Wildman–Crippen MR) is 81.6 cm³/mol. The Labute approximate surface area is 121 Å². The number of unbranched alkanes of at least 4 members (excludes halogenated alkanes) is 1. The maximum absolute atomic E-state index is 11.7. The molecule has 110 valence electrons. The number of rotatable bonds is 6. The molecule has 1 unspecified atom stereocenters. The number of amides is 2. The number of benzene rings is 1. The van der Waals surface area contributed by atoms with E-state index in [1.165, 1.54) is 5.56 Å². The Bertz CT molecular complexity index is 440. The molecule has 0 spiro atoms. The Hall–Kier alpha value is -1.84. The van der Waals surface area contributed by atoms with E-state index in [9.17, 15) is 9.59 Å². The Kier molecular flexibility index (Phi) is 6.77. The van der Waals surface area contributed by atoms with Crippen LogP contribution in [-0.2, 0) is 16.0 Å². The summed E-state index contributed by atoms with van der Waals surface area (Å²) in [5.41, 5.74) is 1.89. The summed E-state index contributed by atoms with van der Waals surface area (Å²) in [4.78, 5) is 23.3. The predicted octanol–water partition coefficient (Wildman–Crippen LogP) is 2.88. The first-order valence-electron chi connectivity index (χ1n) is 7.27. The fourth-order valence-corrected chi connectivity index (χ4v) is 1.71. The minimum absolute atomic E-state index is 0.00432. The van der Waals surface area contributed by atoms with Crippen molar-refractivity contribution in [3.63, 3.8) is 0 Å². The van der Waals surface area contributed by atoms with Crippen LogP contribution in [0.1, 0.15) is 45.6 Å². The van der Waals surface area contributed by atoms with Crippen molar-refractivity contribution in [1.82, 2.24) is 5.32 Å². The first-order chi connectivity index (χ1) is 9.56. The zero-order chi connectivity index (χ0) is 15.0. The van der Waals surface area contributed by atoms with Crippen LogP contribution in [0.3, 0.4) is 0 Å². The topological polar surface area (TPSA) is 58.2 Å². The van der Waals surface area contributed by atoms with Gasteiger partial charge in [0.2, 0.25) is 0 Å². The number of anilines is 1. The average molecular weight is 276 g/mol. The van der Waals surface area contributed by atoms with Gasteiger partial charge in [-0.25, -0.2) is 0 Å². The first-order valence-corrected chi connectivity index (χ1v) is 7.27. The van der Waals surface area contributed by atoms with Crippen molar-refractivity contribution in [2.75, 3.05) is 5.32 Å². The molecular weight excluding hydrogens is 252 g/mol. The van der Waals surface area contributed by atoms with Crippen molar-refractivity contribution in [3.05, 3.63) is 29.8 Å². The van der Waals surface area contributed by atoms with Crippen molar-refractivity contribution in [1.29, 1.82) is 0 Å². The molecular formula is C16H24N2O2. The van der Waals surface area contributed by atoms with Gasteiger partial charge in [0.15, 0.2) is 0 Å². The molecule has 0 radical (unpaired) electrons. The minimum Gasteiger partial charge on any atom is -0.345 e. The number of hydrogen-bond acceptors (Lipinski definition) is 2. The fraction of sp³-hybridized carbons (Fsp3) is 0.500. The van der Waals surface area contributed by atoms with Gasteiger partial charge in [-0.2, -0.15) is 0 Å². The summed E-state index contributed by atoms with van der Waals surface area (Å²) in [6, 6.07) is 7.64. The van der Waals surface area contributed by atoms with Crippen molar-refractivity contribution < 1.29 is 9.59 Å². The largest absolute Gasteiger partial charge is 0.345 e. The van der Waals surface area contributed by atoms with Crippen LogP contribution in [-0.4, -0.2) is 17.9 Å². The molecule has 4 heteroatoms. The van der Waals surface area contributed by atoms with E-state index in [-0.39, 0.29) is 6.04 Å². The summed E-state index contributed by atoms with van der Waals surface area (Å²) in [5.74, 6) is -1.21. The molecule has 1 rings (SSSR count). The van der Waals surface area contributed by atoms with Crippen LogP contribution in [0.25, 0.3) is 0 Å². The van der Waals surface area contributed by atoms with E-state index in [2.05, 4.69) is 17.6 Å². The van der Waals surface area contributed by atoms with E-state index in [0.717, 1.165) is 25.7 Å². The van der Waals surface area contributed by atoms with Crippen LogP contribution in [0.15, 0.2) is 24.3 Å². The number of aryl methyl sites for hydroxylation is 1. The molecule has 20 heavy (non-hydrogen) atoms. The van der Waals surface area contributed by atoms with E-state index in [0.29, 0.717) is 5.69 Å². The highest BCUT2D eigenvalue weighted by molar-refractivity contribution is 6.39. The lowest BCUT2D eigenvalue weighted by molar-refractivity contribution is -0.136. The van der Waals surface area contributed by atoms with E-state index in [1.807, 2.05) is 38.1 Å². The fourth-order valence-electron chi connectivity index (χ4n) is 1.71. The van der Waals surface area contributed by atoms with Crippen LogP contribution < -0.4 is 10.6 Å². The molecule has 0 aliphatic rings. The molecule has 4 nitrogen and oxygen atoms in total.